The molecule has 0 aromatic rings. The third-order valence-electron chi connectivity index (χ3n) is 2.56. The molecule has 1 aliphatic heterocycles. The van der Waals surface area contributed by atoms with Crippen molar-refractivity contribution in [2.45, 2.75) is 91.4 Å². The molecule has 0 aromatic carbocycles. The van der Waals surface area contributed by atoms with Crippen molar-refractivity contribution in [3.05, 3.63) is 11.3 Å². The molecule has 147 valence electrons. The summed E-state index contributed by atoms with van der Waals surface area (Å²) >= 11 is 0. The summed E-state index contributed by atoms with van der Waals surface area (Å²) in [6, 6.07) is 0. The fourth-order valence-electron chi connectivity index (χ4n) is 3.11. The molecule has 0 aromatic heterocycles. The fraction of sp³-hybridized carbons (Fsp3) is 0.889. The summed E-state index contributed by atoms with van der Waals surface area (Å²) in [4.78, 5) is 0. The summed E-state index contributed by atoms with van der Waals surface area (Å²) in [6.45, 7) is 30.9. The quantitative estimate of drug-likeness (QED) is 0.346. The molecule has 0 N–H and O–H groups in total. The number of hydrogen-bond acceptors (Lipinski definition) is 1. The van der Waals surface area contributed by atoms with Crippen LogP contribution in [0.25, 0.3) is 0 Å². The van der Waals surface area contributed by atoms with E-state index in [9.17, 15) is 0 Å². The molecule has 1 radical (unpaired) electrons. The van der Waals surface area contributed by atoms with Gasteiger partial charge in [0.1, 0.15) is 0 Å². The first-order valence-electron chi connectivity index (χ1n) is 9.23. The van der Waals surface area contributed by atoms with Gasteiger partial charge in [0.15, 0.2) is 0 Å². The van der Waals surface area contributed by atoms with Crippen LogP contribution in [0.2, 0.25) is 78.6 Å². The third kappa shape index (κ3) is 34.6. The molecule has 0 spiro atoms. The minimum absolute atomic E-state index is 0. The summed E-state index contributed by atoms with van der Waals surface area (Å²) in [6.07, 6.45) is 2.56. The summed E-state index contributed by atoms with van der Waals surface area (Å²) in [7, 11) is -3.42. The van der Waals surface area contributed by atoms with Crippen molar-refractivity contribution in [3.8, 4) is 0 Å². The van der Waals surface area contributed by atoms with Crippen molar-refractivity contribution in [3.63, 3.8) is 0 Å². The van der Waals surface area contributed by atoms with Crippen LogP contribution in [0.1, 0.15) is 12.8 Å². The molecule has 0 atom stereocenters. The second kappa shape index (κ2) is 12.7. The van der Waals surface area contributed by atoms with Gasteiger partial charge in [0.2, 0.25) is 0 Å². The Morgan fingerprint density at radius 3 is 0.750 bits per heavy atom. The Bertz CT molecular complexity index is 234. The zero-order valence-corrected chi connectivity index (χ0v) is 23.9. The molecule has 1 aliphatic rings. The average molecular weight is 446 g/mol. The number of rotatable bonds is 4. The first-order valence-corrected chi connectivity index (χ1v) is 23.5. The van der Waals surface area contributed by atoms with E-state index in [4.69, 9.17) is 4.74 Å². The van der Waals surface area contributed by atoms with Gasteiger partial charge >= 0.3 is 17.1 Å². The van der Waals surface area contributed by atoms with Crippen molar-refractivity contribution >= 4 is 32.3 Å². The van der Waals surface area contributed by atoms with Gasteiger partial charge in [-0.25, -0.2) is 0 Å². The molecule has 0 aliphatic carbocycles. The number of hydrogen-bond donors (Lipinski definition) is 0. The van der Waals surface area contributed by atoms with Crippen molar-refractivity contribution in [2.24, 2.45) is 0 Å². The van der Waals surface area contributed by atoms with E-state index in [0.29, 0.717) is 0 Å². The summed E-state index contributed by atoms with van der Waals surface area (Å²) in [5, 5.41) is 0. The van der Waals surface area contributed by atoms with E-state index >= 15 is 0 Å². The van der Waals surface area contributed by atoms with Gasteiger partial charge in [-0.1, -0.05) is 78.6 Å². The van der Waals surface area contributed by atoms with Crippen LogP contribution < -0.4 is 0 Å². The van der Waals surface area contributed by atoms with E-state index in [0.717, 1.165) is 13.2 Å². The molecule has 1 saturated heterocycles. The molecule has 1 heterocycles. The summed E-state index contributed by atoms with van der Waals surface area (Å²) in [5.41, 5.74) is 5.31. The third-order valence-corrected chi connectivity index (χ3v) is 16.4. The Hall–Kier alpha value is 1.35. The molecule has 0 amide bonds. The smallest absolute Gasteiger partial charge is 0.381 e. The predicted octanol–water partition coefficient (Wildman–Crippen LogP) is 6.69. The Labute approximate surface area is 169 Å². The Balaban J connectivity index is -0.000000279. The normalized spacial score (nSPS) is 15.5. The van der Waals surface area contributed by atoms with Crippen molar-refractivity contribution < 1.29 is 21.8 Å². The van der Waals surface area contributed by atoms with E-state index in [1.54, 1.807) is 0 Å². The van der Waals surface area contributed by atoms with Gasteiger partial charge in [0.25, 0.3) is 0 Å². The van der Waals surface area contributed by atoms with Crippen LogP contribution in [0, 0.1) is 11.3 Å². The molecule has 1 nitrogen and oxygen atoms in total. The maximum Gasteiger partial charge on any atom is 2.00 e. The summed E-state index contributed by atoms with van der Waals surface area (Å²) < 4.78 is 4.94. The van der Waals surface area contributed by atoms with E-state index < -0.39 is 32.3 Å². The van der Waals surface area contributed by atoms with Crippen LogP contribution in [-0.2, 0) is 21.8 Å². The Kier molecular flexibility index (Phi) is 15.9. The fourth-order valence-corrected chi connectivity index (χ4v) is 23.9. The largest absolute Gasteiger partial charge is 2.00 e. The van der Waals surface area contributed by atoms with Crippen LogP contribution in [0.15, 0.2) is 0 Å². The monoisotopic (exact) mass is 445 g/mol. The first-order chi connectivity index (χ1) is 9.91. The van der Waals surface area contributed by atoms with Crippen LogP contribution >= 0.6 is 0 Å². The van der Waals surface area contributed by atoms with E-state index in [2.05, 4.69) is 89.9 Å². The van der Waals surface area contributed by atoms with Crippen molar-refractivity contribution in [1.82, 2.24) is 0 Å². The van der Waals surface area contributed by atoms with Gasteiger partial charge in [-0.3, -0.25) is 0 Å². The van der Waals surface area contributed by atoms with Gasteiger partial charge in [0, 0.05) is 13.2 Å². The number of ether oxygens (including phenoxy) is 1. The van der Waals surface area contributed by atoms with Gasteiger partial charge < -0.3 is 16.1 Å². The van der Waals surface area contributed by atoms with E-state index in [1.807, 2.05) is 0 Å². The first kappa shape index (κ1) is 30.1. The molecule has 0 unspecified atom stereocenters. The molecule has 1 rings (SSSR count). The van der Waals surface area contributed by atoms with Crippen LogP contribution in [-0.4, -0.2) is 45.5 Å². The van der Waals surface area contributed by atoms with Gasteiger partial charge in [-0.15, -0.1) is 32.3 Å². The van der Waals surface area contributed by atoms with Crippen LogP contribution in [0.3, 0.4) is 0 Å². The topological polar surface area (TPSA) is 9.23 Å². The van der Waals surface area contributed by atoms with Crippen molar-refractivity contribution in [1.29, 1.82) is 0 Å². The SMILES string of the molecule is C1CCOC1.C[Si](C)(C)[CH-][Si](C)(C)C.C[Si](C)(C)[CH-][Si](C)(C)C.[Mn+2]. The Morgan fingerprint density at radius 1 is 0.500 bits per heavy atom. The predicted molar refractivity (Wildman–Crippen MR) is 122 cm³/mol. The van der Waals surface area contributed by atoms with E-state index in [-0.39, 0.29) is 17.1 Å². The summed E-state index contributed by atoms with van der Waals surface area (Å²) in [5.74, 6) is 0. The Morgan fingerprint density at radius 2 is 0.708 bits per heavy atom. The second-order valence-corrected chi connectivity index (χ2v) is 32.3. The van der Waals surface area contributed by atoms with E-state index in [1.165, 1.54) is 12.8 Å². The molecule has 1 fully saturated rings. The van der Waals surface area contributed by atoms with Crippen LogP contribution in [0.4, 0.5) is 0 Å². The maximum absolute atomic E-state index is 4.94. The van der Waals surface area contributed by atoms with Gasteiger partial charge in [-0.05, 0) is 12.8 Å². The second-order valence-electron chi connectivity index (χ2n) is 11.1. The molecule has 24 heavy (non-hydrogen) atoms. The van der Waals surface area contributed by atoms with Gasteiger partial charge in [-0.2, -0.15) is 0 Å². The zero-order chi connectivity index (χ0) is 18.9. The minimum atomic E-state index is -0.856. The molecule has 0 bridgehead atoms. The van der Waals surface area contributed by atoms with Crippen LogP contribution in [0.5, 0.6) is 0 Å². The van der Waals surface area contributed by atoms with Crippen molar-refractivity contribution in [2.75, 3.05) is 13.2 Å². The van der Waals surface area contributed by atoms with Gasteiger partial charge in [0.05, 0.1) is 0 Å². The molecule has 6 heteroatoms. The molecular weight excluding hydrogens is 399 g/mol. The maximum atomic E-state index is 4.94. The average Bonchev–Trinajstić information content (AvgIpc) is 2.60. The molecular formula is C18H46MnOSi4. The minimum Gasteiger partial charge on any atom is -0.381 e. The zero-order valence-electron chi connectivity index (χ0n) is 18.8. The standard InChI is InChI=1S/2C7H19Si2.C4H8O.Mn/c2*1-8(2,3)7-9(4,5)6;1-2-4-5-3-1;/h2*7H,1-6H3;1-4H2;/q2*-1;;+2. The molecule has 0 saturated carbocycles.